The average Bonchev–Trinajstić information content (AvgIpc) is 2.40. The number of hydrogen-bond donors (Lipinski definition) is 2. The Morgan fingerprint density at radius 2 is 2.10 bits per heavy atom. The van der Waals surface area contributed by atoms with Crippen LogP contribution in [0.4, 0.5) is 0 Å². The molecule has 4 nitrogen and oxygen atoms in total. The molecule has 1 aromatic carbocycles. The lowest BCUT2D eigenvalue weighted by Gasteiger charge is -2.35. The van der Waals surface area contributed by atoms with E-state index in [2.05, 4.69) is 23.4 Å². The second-order valence-corrected chi connectivity index (χ2v) is 4.72. The molecule has 1 aromatic rings. The van der Waals surface area contributed by atoms with Crippen LogP contribution in [0.2, 0.25) is 0 Å². The Labute approximate surface area is 133 Å². The third-order valence-electron chi connectivity index (χ3n) is 3.30. The summed E-state index contributed by atoms with van der Waals surface area (Å²) < 4.78 is 0. The van der Waals surface area contributed by atoms with E-state index in [4.69, 9.17) is 9.94 Å². The number of aryl methyl sites for hydroxylation is 1. The normalized spacial score (nSPS) is 18.8. The van der Waals surface area contributed by atoms with Crippen molar-refractivity contribution < 1.29 is 9.94 Å². The van der Waals surface area contributed by atoms with Gasteiger partial charge in [-0.1, -0.05) is 18.2 Å². The summed E-state index contributed by atoms with van der Waals surface area (Å²) in [4.78, 5) is 6.01. The molecule has 1 fully saturated rings. The molecule has 6 heteroatoms. The molecule has 0 amide bonds. The zero-order valence-corrected chi connectivity index (χ0v) is 13.4. The standard InChI is InChI=1S/C14H22N2O2.2ClH/c1-12-5-2-3-7-14(12)18-16-9-8-15-11-13(16)6-4-10-17;;/h2-3,5,7,13,15,17H,4,6,8-11H2,1H3;2*1H. The van der Waals surface area contributed by atoms with Crippen LogP contribution in [0.5, 0.6) is 5.75 Å². The fourth-order valence-electron chi connectivity index (χ4n) is 2.22. The number of para-hydroxylation sites is 1. The predicted octanol–water partition coefficient (Wildman–Crippen LogP) is 2.18. The highest BCUT2D eigenvalue weighted by Gasteiger charge is 2.23. The zero-order chi connectivity index (χ0) is 12.8. The van der Waals surface area contributed by atoms with Crippen molar-refractivity contribution in [1.29, 1.82) is 0 Å². The van der Waals surface area contributed by atoms with Gasteiger partial charge in [0.25, 0.3) is 0 Å². The fourth-order valence-corrected chi connectivity index (χ4v) is 2.22. The Morgan fingerprint density at radius 1 is 1.35 bits per heavy atom. The van der Waals surface area contributed by atoms with Gasteiger partial charge in [0.2, 0.25) is 0 Å². The van der Waals surface area contributed by atoms with Gasteiger partial charge in [0.05, 0.1) is 6.04 Å². The van der Waals surface area contributed by atoms with E-state index < -0.39 is 0 Å². The number of nitrogens with one attached hydrogen (secondary N) is 1. The minimum atomic E-state index is 0. The number of hydrogen-bond acceptors (Lipinski definition) is 4. The van der Waals surface area contributed by atoms with Gasteiger partial charge in [0.15, 0.2) is 0 Å². The molecule has 20 heavy (non-hydrogen) atoms. The van der Waals surface area contributed by atoms with Crippen molar-refractivity contribution in [2.75, 3.05) is 26.2 Å². The first-order valence-electron chi connectivity index (χ1n) is 6.63. The van der Waals surface area contributed by atoms with Gasteiger partial charge in [-0.15, -0.1) is 29.9 Å². The number of halogens is 2. The molecule has 1 aliphatic heterocycles. The van der Waals surface area contributed by atoms with E-state index in [-0.39, 0.29) is 31.4 Å². The van der Waals surface area contributed by atoms with Gasteiger partial charge in [-0.3, -0.25) is 0 Å². The highest BCUT2D eigenvalue weighted by Crippen LogP contribution is 2.20. The topological polar surface area (TPSA) is 44.7 Å². The van der Waals surface area contributed by atoms with Crippen LogP contribution in [-0.2, 0) is 0 Å². The lowest BCUT2D eigenvalue weighted by molar-refractivity contribution is -0.109. The summed E-state index contributed by atoms with van der Waals surface area (Å²) in [5, 5.41) is 14.4. The number of hydroxylamine groups is 2. The van der Waals surface area contributed by atoms with Gasteiger partial charge in [0.1, 0.15) is 5.75 Å². The summed E-state index contributed by atoms with van der Waals surface area (Å²) in [5.74, 6) is 0.924. The van der Waals surface area contributed by atoms with E-state index in [1.165, 1.54) is 0 Å². The van der Waals surface area contributed by atoms with Crippen molar-refractivity contribution in [3.8, 4) is 5.75 Å². The molecule has 1 heterocycles. The van der Waals surface area contributed by atoms with E-state index in [1.807, 2.05) is 18.2 Å². The Morgan fingerprint density at radius 3 is 2.80 bits per heavy atom. The second-order valence-electron chi connectivity index (χ2n) is 4.72. The summed E-state index contributed by atoms with van der Waals surface area (Å²) in [5.41, 5.74) is 1.15. The van der Waals surface area contributed by atoms with E-state index >= 15 is 0 Å². The average molecular weight is 323 g/mol. The fraction of sp³-hybridized carbons (Fsp3) is 0.571. The molecule has 2 rings (SSSR count). The molecule has 116 valence electrons. The van der Waals surface area contributed by atoms with Crippen LogP contribution in [0.25, 0.3) is 0 Å². The van der Waals surface area contributed by atoms with Crippen LogP contribution in [-0.4, -0.2) is 42.5 Å². The molecule has 0 bridgehead atoms. The van der Waals surface area contributed by atoms with Crippen LogP contribution in [0, 0.1) is 6.92 Å². The van der Waals surface area contributed by atoms with Gasteiger partial charge in [0, 0.05) is 26.2 Å². The van der Waals surface area contributed by atoms with Crippen molar-refractivity contribution in [3.63, 3.8) is 0 Å². The smallest absolute Gasteiger partial charge is 0.150 e. The van der Waals surface area contributed by atoms with Crippen molar-refractivity contribution in [1.82, 2.24) is 10.4 Å². The van der Waals surface area contributed by atoms with Crippen molar-refractivity contribution in [2.24, 2.45) is 0 Å². The molecule has 0 spiro atoms. The molecule has 0 radical (unpaired) electrons. The molecule has 0 aromatic heterocycles. The van der Waals surface area contributed by atoms with E-state index in [9.17, 15) is 0 Å². The molecule has 2 N–H and O–H groups in total. The molecule has 1 saturated heterocycles. The number of benzene rings is 1. The van der Waals surface area contributed by atoms with Crippen LogP contribution >= 0.6 is 24.8 Å². The van der Waals surface area contributed by atoms with Gasteiger partial charge in [-0.25, -0.2) is 0 Å². The minimum Gasteiger partial charge on any atom is -0.405 e. The minimum absolute atomic E-state index is 0. The molecule has 0 saturated carbocycles. The zero-order valence-electron chi connectivity index (χ0n) is 11.7. The third kappa shape index (κ3) is 5.46. The summed E-state index contributed by atoms with van der Waals surface area (Å²) in [7, 11) is 0. The van der Waals surface area contributed by atoms with E-state index in [1.54, 1.807) is 0 Å². The quantitative estimate of drug-likeness (QED) is 0.872. The molecule has 1 aliphatic rings. The van der Waals surface area contributed by atoms with E-state index in [0.29, 0.717) is 6.04 Å². The molecular formula is C14H24Cl2N2O2. The van der Waals surface area contributed by atoms with Gasteiger partial charge >= 0.3 is 0 Å². The van der Waals surface area contributed by atoms with Crippen LogP contribution in [0.1, 0.15) is 18.4 Å². The summed E-state index contributed by atoms with van der Waals surface area (Å²) in [6.07, 6.45) is 1.77. The number of nitrogens with zero attached hydrogens (tertiary/aromatic N) is 1. The first-order valence-corrected chi connectivity index (χ1v) is 6.63. The van der Waals surface area contributed by atoms with Crippen LogP contribution < -0.4 is 10.2 Å². The van der Waals surface area contributed by atoms with Crippen molar-refractivity contribution in [2.45, 2.75) is 25.8 Å². The number of piperazine rings is 1. The molecule has 1 unspecified atom stereocenters. The summed E-state index contributed by atoms with van der Waals surface area (Å²) in [6.45, 7) is 5.05. The van der Waals surface area contributed by atoms with Gasteiger partial charge in [-0.2, -0.15) is 0 Å². The molecule has 0 aliphatic carbocycles. The van der Waals surface area contributed by atoms with Crippen molar-refractivity contribution >= 4 is 24.8 Å². The van der Waals surface area contributed by atoms with Crippen molar-refractivity contribution in [3.05, 3.63) is 29.8 Å². The monoisotopic (exact) mass is 322 g/mol. The first-order chi connectivity index (χ1) is 8.81. The number of aliphatic hydroxyl groups excluding tert-OH is 1. The largest absolute Gasteiger partial charge is 0.405 e. The molecule has 1 atom stereocenters. The highest BCUT2D eigenvalue weighted by atomic mass is 35.5. The lowest BCUT2D eigenvalue weighted by Crippen LogP contribution is -2.52. The van der Waals surface area contributed by atoms with Crippen LogP contribution in [0.3, 0.4) is 0 Å². The van der Waals surface area contributed by atoms with Crippen LogP contribution in [0.15, 0.2) is 24.3 Å². The Balaban J connectivity index is 0.00000180. The second kappa shape index (κ2) is 10.2. The SMILES string of the molecule is Cc1ccccc1ON1CCNCC1CCCO.Cl.Cl. The summed E-state index contributed by atoms with van der Waals surface area (Å²) in [6, 6.07) is 8.41. The maximum atomic E-state index is 8.94. The predicted molar refractivity (Wildman–Crippen MR) is 86.0 cm³/mol. The number of aliphatic hydroxyl groups is 1. The Kier molecular flexibility index (Phi) is 9.98. The summed E-state index contributed by atoms with van der Waals surface area (Å²) >= 11 is 0. The third-order valence-corrected chi connectivity index (χ3v) is 3.30. The van der Waals surface area contributed by atoms with Gasteiger partial charge in [-0.05, 0) is 31.4 Å². The lowest BCUT2D eigenvalue weighted by atomic mass is 10.1. The maximum Gasteiger partial charge on any atom is 0.150 e. The first kappa shape index (κ1) is 19.5. The highest BCUT2D eigenvalue weighted by molar-refractivity contribution is 5.85. The number of rotatable bonds is 5. The van der Waals surface area contributed by atoms with Gasteiger partial charge < -0.3 is 15.3 Å². The molecular weight excluding hydrogens is 299 g/mol. The van der Waals surface area contributed by atoms with E-state index in [0.717, 1.165) is 43.8 Å². The maximum absolute atomic E-state index is 8.94. The Hall–Kier alpha value is -0.520. The Bertz CT molecular complexity index is 380.